The van der Waals surface area contributed by atoms with E-state index in [4.69, 9.17) is 9.47 Å². The van der Waals surface area contributed by atoms with E-state index in [0.717, 1.165) is 40.8 Å². The summed E-state index contributed by atoms with van der Waals surface area (Å²) in [5.41, 5.74) is 0.878. The van der Waals surface area contributed by atoms with Gasteiger partial charge in [0.05, 0.1) is 28.9 Å². The second-order valence-corrected chi connectivity index (χ2v) is 7.41. The molecule has 0 saturated carbocycles. The van der Waals surface area contributed by atoms with Gasteiger partial charge in [0, 0.05) is 16.9 Å². The van der Waals surface area contributed by atoms with E-state index in [1.807, 2.05) is 36.6 Å². The van der Waals surface area contributed by atoms with Gasteiger partial charge in [-0.15, -0.1) is 11.3 Å². The van der Waals surface area contributed by atoms with Crippen LogP contribution in [0.2, 0.25) is 0 Å². The number of ether oxygens (including phenoxy) is 2. The summed E-state index contributed by atoms with van der Waals surface area (Å²) in [5, 5.41) is 3.00. The zero-order valence-corrected chi connectivity index (χ0v) is 14.1. The number of rotatable bonds is 6. The van der Waals surface area contributed by atoms with Gasteiger partial charge in [-0.1, -0.05) is 0 Å². The van der Waals surface area contributed by atoms with E-state index in [9.17, 15) is 4.21 Å². The van der Waals surface area contributed by atoms with Crippen LogP contribution in [0.15, 0.2) is 34.5 Å². The number of aromatic nitrogens is 1. The molecule has 1 fully saturated rings. The quantitative estimate of drug-likeness (QED) is 0.806. The Balaban J connectivity index is 1.63. The molecule has 2 aromatic rings. The molecule has 4 nitrogen and oxygen atoms in total. The van der Waals surface area contributed by atoms with Crippen LogP contribution in [0.3, 0.4) is 0 Å². The Kier molecular flexibility index (Phi) is 5.23. The minimum atomic E-state index is -1.09. The molecule has 1 aromatic heterocycles. The predicted octanol–water partition coefficient (Wildman–Crippen LogP) is 3.70. The first kappa shape index (κ1) is 15.6. The standard InChI is InChI=1S/C16H19NO3S2/c1-2-19-13-5-7-14(8-6-13)22(18)11-12-10-21-16(17-12)15-4-3-9-20-15/h5-8,10,15H,2-4,9,11H2,1H3/t15-,22+/m0/s1. The average molecular weight is 337 g/mol. The lowest BCUT2D eigenvalue weighted by atomic mass is 10.2. The zero-order valence-electron chi connectivity index (χ0n) is 12.5. The third kappa shape index (κ3) is 3.74. The van der Waals surface area contributed by atoms with Gasteiger partial charge in [0.1, 0.15) is 16.9 Å². The summed E-state index contributed by atoms with van der Waals surface area (Å²) in [4.78, 5) is 5.38. The molecule has 2 heterocycles. The highest BCUT2D eigenvalue weighted by Gasteiger charge is 2.21. The van der Waals surface area contributed by atoms with Crippen LogP contribution < -0.4 is 4.74 Å². The van der Waals surface area contributed by atoms with Crippen molar-refractivity contribution in [2.24, 2.45) is 0 Å². The molecule has 3 rings (SSSR count). The zero-order chi connectivity index (χ0) is 15.4. The third-order valence-corrected chi connectivity index (χ3v) is 5.79. The van der Waals surface area contributed by atoms with Crippen LogP contribution >= 0.6 is 11.3 Å². The minimum Gasteiger partial charge on any atom is -0.494 e. The van der Waals surface area contributed by atoms with E-state index in [-0.39, 0.29) is 6.10 Å². The molecule has 2 atom stereocenters. The second-order valence-electron chi connectivity index (χ2n) is 5.07. The highest BCUT2D eigenvalue weighted by Crippen LogP contribution is 2.31. The van der Waals surface area contributed by atoms with Crippen LogP contribution in [0.1, 0.15) is 36.6 Å². The fourth-order valence-electron chi connectivity index (χ4n) is 2.38. The van der Waals surface area contributed by atoms with Gasteiger partial charge in [0.15, 0.2) is 0 Å². The molecule has 0 bridgehead atoms. The number of hydrogen-bond acceptors (Lipinski definition) is 5. The molecule has 1 aromatic carbocycles. The van der Waals surface area contributed by atoms with Crippen LogP contribution in [-0.2, 0) is 21.3 Å². The van der Waals surface area contributed by atoms with Gasteiger partial charge in [0.25, 0.3) is 0 Å². The first-order valence-corrected chi connectivity index (χ1v) is 9.63. The summed E-state index contributed by atoms with van der Waals surface area (Å²) in [6, 6.07) is 7.42. The van der Waals surface area contributed by atoms with Gasteiger partial charge < -0.3 is 9.47 Å². The van der Waals surface area contributed by atoms with E-state index in [1.165, 1.54) is 0 Å². The van der Waals surface area contributed by atoms with Crippen molar-refractivity contribution in [1.29, 1.82) is 0 Å². The SMILES string of the molecule is CCOc1ccc([S@](=O)Cc2csc([C@@H]3CCCO3)n2)cc1. The predicted molar refractivity (Wildman–Crippen MR) is 87.8 cm³/mol. The Labute approximate surface area is 136 Å². The molecule has 0 aliphatic carbocycles. The van der Waals surface area contributed by atoms with E-state index in [2.05, 4.69) is 4.98 Å². The van der Waals surface area contributed by atoms with Gasteiger partial charge in [-0.3, -0.25) is 4.21 Å². The fraction of sp³-hybridized carbons (Fsp3) is 0.438. The Morgan fingerprint density at radius 1 is 1.41 bits per heavy atom. The molecule has 1 saturated heterocycles. The van der Waals surface area contributed by atoms with Crippen molar-refractivity contribution < 1.29 is 13.7 Å². The maximum Gasteiger partial charge on any atom is 0.122 e. The molecular formula is C16H19NO3S2. The first-order valence-electron chi connectivity index (χ1n) is 7.43. The van der Waals surface area contributed by atoms with Crippen LogP contribution in [0.4, 0.5) is 0 Å². The van der Waals surface area contributed by atoms with E-state index in [1.54, 1.807) is 11.3 Å². The largest absolute Gasteiger partial charge is 0.494 e. The molecule has 1 aliphatic rings. The van der Waals surface area contributed by atoms with Crippen molar-refractivity contribution in [3.63, 3.8) is 0 Å². The molecule has 0 unspecified atom stereocenters. The molecule has 0 spiro atoms. The van der Waals surface area contributed by atoms with Gasteiger partial charge >= 0.3 is 0 Å². The smallest absolute Gasteiger partial charge is 0.122 e. The van der Waals surface area contributed by atoms with E-state index in [0.29, 0.717) is 12.4 Å². The summed E-state index contributed by atoms with van der Waals surface area (Å²) < 4.78 is 23.4. The minimum absolute atomic E-state index is 0.137. The van der Waals surface area contributed by atoms with Crippen molar-refractivity contribution in [3.8, 4) is 5.75 Å². The summed E-state index contributed by atoms with van der Waals surface area (Å²) in [7, 11) is -1.09. The van der Waals surface area contributed by atoms with Crippen LogP contribution in [0, 0.1) is 0 Å². The number of nitrogens with zero attached hydrogens (tertiary/aromatic N) is 1. The summed E-state index contributed by atoms with van der Waals surface area (Å²) in [5.74, 6) is 1.24. The summed E-state index contributed by atoms with van der Waals surface area (Å²) in [6.45, 7) is 3.39. The van der Waals surface area contributed by atoms with Crippen molar-refractivity contribution in [2.45, 2.75) is 36.5 Å². The van der Waals surface area contributed by atoms with Gasteiger partial charge in [-0.05, 0) is 44.0 Å². The van der Waals surface area contributed by atoms with E-state index < -0.39 is 10.8 Å². The van der Waals surface area contributed by atoms with Crippen LogP contribution in [0.25, 0.3) is 0 Å². The van der Waals surface area contributed by atoms with Crippen LogP contribution in [-0.4, -0.2) is 22.4 Å². The number of thiazole rings is 1. The van der Waals surface area contributed by atoms with Gasteiger partial charge in [0.2, 0.25) is 0 Å². The molecule has 0 amide bonds. The Hall–Kier alpha value is -1.24. The van der Waals surface area contributed by atoms with Crippen LogP contribution in [0.5, 0.6) is 5.75 Å². The molecule has 0 N–H and O–H groups in total. The highest BCUT2D eigenvalue weighted by atomic mass is 32.2. The molecule has 0 radical (unpaired) electrons. The van der Waals surface area contributed by atoms with E-state index >= 15 is 0 Å². The second kappa shape index (κ2) is 7.35. The maximum absolute atomic E-state index is 12.4. The summed E-state index contributed by atoms with van der Waals surface area (Å²) >= 11 is 1.60. The topological polar surface area (TPSA) is 48.4 Å². The summed E-state index contributed by atoms with van der Waals surface area (Å²) in [6.07, 6.45) is 2.27. The lowest BCUT2D eigenvalue weighted by Crippen LogP contribution is -1.99. The van der Waals surface area contributed by atoms with Gasteiger partial charge in [-0.2, -0.15) is 0 Å². The molecule has 1 aliphatic heterocycles. The molecule has 6 heteroatoms. The third-order valence-electron chi connectivity index (χ3n) is 3.45. The van der Waals surface area contributed by atoms with Crippen molar-refractivity contribution in [1.82, 2.24) is 4.98 Å². The normalized spacial score (nSPS) is 19.2. The lowest BCUT2D eigenvalue weighted by Gasteiger charge is -2.05. The Morgan fingerprint density at radius 3 is 2.91 bits per heavy atom. The van der Waals surface area contributed by atoms with Crippen molar-refractivity contribution in [3.05, 3.63) is 40.3 Å². The Morgan fingerprint density at radius 2 is 2.23 bits per heavy atom. The maximum atomic E-state index is 12.4. The highest BCUT2D eigenvalue weighted by molar-refractivity contribution is 7.84. The van der Waals surface area contributed by atoms with Crippen molar-refractivity contribution >= 4 is 22.1 Å². The molecule has 118 valence electrons. The molecule has 22 heavy (non-hydrogen) atoms. The monoisotopic (exact) mass is 337 g/mol. The average Bonchev–Trinajstić information content (AvgIpc) is 3.19. The first-order chi connectivity index (χ1) is 10.8. The fourth-order valence-corrected chi connectivity index (χ4v) is 4.41. The Bertz CT molecular complexity index is 633. The lowest BCUT2D eigenvalue weighted by molar-refractivity contribution is 0.111. The number of benzene rings is 1. The molecular weight excluding hydrogens is 318 g/mol. The number of hydrogen-bond donors (Lipinski definition) is 0. The van der Waals surface area contributed by atoms with Gasteiger partial charge in [-0.25, -0.2) is 4.98 Å². The van der Waals surface area contributed by atoms with Crippen molar-refractivity contribution in [2.75, 3.05) is 13.2 Å².